The molecule has 0 spiro atoms. The molecule has 0 fully saturated rings. The van der Waals surface area contributed by atoms with Crippen LogP contribution in [0.25, 0.3) is 11.5 Å². The first-order chi connectivity index (χ1) is 13.3. The zero-order chi connectivity index (χ0) is 19.1. The minimum absolute atomic E-state index is 0.166. The highest BCUT2D eigenvalue weighted by Crippen LogP contribution is 2.27. The van der Waals surface area contributed by atoms with Crippen LogP contribution in [0.5, 0.6) is 0 Å². The summed E-state index contributed by atoms with van der Waals surface area (Å²) in [5.41, 5.74) is 2.21. The molecule has 1 aromatic carbocycles. The standard InChI is InChI=1S/C21H23N5O/c1-3-26(4-2)19(16-9-6-5-7-10-16)15-24-21-18(13-22)25-20(27-21)17-11-8-12-23-14-17/h5-12,14,19,24H,3-4,15H2,1-2H3/t19-/m0/s1. The first-order valence-electron chi connectivity index (χ1n) is 9.11. The summed E-state index contributed by atoms with van der Waals surface area (Å²) in [7, 11) is 0. The number of oxazole rings is 1. The molecule has 1 atom stereocenters. The number of rotatable bonds is 8. The maximum Gasteiger partial charge on any atom is 0.232 e. The number of likely N-dealkylation sites (N-methyl/N-ethyl adjacent to an activating group) is 1. The smallest absolute Gasteiger partial charge is 0.232 e. The van der Waals surface area contributed by atoms with Crippen LogP contribution >= 0.6 is 0 Å². The minimum atomic E-state index is 0.166. The van der Waals surface area contributed by atoms with Crippen LogP contribution in [0, 0.1) is 11.3 Å². The van der Waals surface area contributed by atoms with Gasteiger partial charge in [-0.2, -0.15) is 10.2 Å². The van der Waals surface area contributed by atoms with Crippen LogP contribution in [0.1, 0.15) is 31.1 Å². The first kappa shape index (κ1) is 18.6. The number of benzene rings is 1. The number of aromatic nitrogens is 2. The van der Waals surface area contributed by atoms with Gasteiger partial charge in [-0.15, -0.1) is 0 Å². The second-order valence-corrected chi connectivity index (χ2v) is 6.08. The molecule has 2 heterocycles. The van der Waals surface area contributed by atoms with Gasteiger partial charge in [0.05, 0.1) is 11.6 Å². The Morgan fingerprint density at radius 3 is 2.56 bits per heavy atom. The maximum absolute atomic E-state index is 9.42. The second-order valence-electron chi connectivity index (χ2n) is 6.08. The molecule has 0 saturated heterocycles. The van der Waals surface area contributed by atoms with Crippen LogP contribution in [0.15, 0.2) is 59.3 Å². The van der Waals surface area contributed by atoms with Crippen molar-refractivity contribution in [1.82, 2.24) is 14.9 Å². The van der Waals surface area contributed by atoms with Crippen molar-refractivity contribution in [2.45, 2.75) is 19.9 Å². The molecule has 138 valence electrons. The van der Waals surface area contributed by atoms with Gasteiger partial charge < -0.3 is 9.73 Å². The molecule has 3 aromatic rings. The lowest BCUT2D eigenvalue weighted by Gasteiger charge is -2.30. The van der Waals surface area contributed by atoms with E-state index < -0.39 is 0 Å². The molecule has 0 radical (unpaired) electrons. The van der Waals surface area contributed by atoms with Crippen LogP contribution in [0.2, 0.25) is 0 Å². The van der Waals surface area contributed by atoms with E-state index in [1.165, 1.54) is 5.56 Å². The van der Waals surface area contributed by atoms with Crippen molar-refractivity contribution in [2.24, 2.45) is 0 Å². The highest BCUT2D eigenvalue weighted by atomic mass is 16.4. The maximum atomic E-state index is 9.42. The second kappa shape index (κ2) is 8.97. The Morgan fingerprint density at radius 2 is 1.93 bits per heavy atom. The normalized spacial score (nSPS) is 11.9. The molecule has 6 nitrogen and oxygen atoms in total. The molecule has 1 N–H and O–H groups in total. The van der Waals surface area contributed by atoms with Gasteiger partial charge in [0.25, 0.3) is 0 Å². The Morgan fingerprint density at radius 1 is 1.15 bits per heavy atom. The zero-order valence-corrected chi connectivity index (χ0v) is 15.6. The summed E-state index contributed by atoms with van der Waals surface area (Å²) in [4.78, 5) is 10.7. The Kier molecular flexibility index (Phi) is 6.18. The van der Waals surface area contributed by atoms with Crippen molar-refractivity contribution in [3.63, 3.8) is 0 Å². The third kappa shape index (κ3) is 4.33. The summed E-state index contributed by atoms with van der Waals surface area (Å²) in [6, 6.07) is 16.3. The average Bonchev–Trinajstić information content (AvgIpc) is 3.15. The van der Waals surface area contributed by atoms with Gasteiger partial charge in [-0.05, 0) is 30.8 Å². The number of nitrogens with one attached hydrogen (secondary N) is 1. The van der Waals surface area contributed by atoms with E-state index in [0.29, 0.717) is 18.3 Å². The molecular formula is C21H23N5O. The molecule has 0 aliphatic heterocycles. The number of hydrogen-bond acceptors (Lipinski definition) is 6. The van der Waals surface area contributed by atoms with E-state index in [1.807, 2.05) is 30.3 Å². The lowest BCUT2D eigenvalue weighted by molar-refractivity contribution is 0.227. The van der Waals surface area contributed by atoms with E-state index in [2.05, 4.69) is 52.2 Å². The van der Waals surface area contributed by atoms with Gasteiger partial charge in [0.15, 0.2) is 0 Å². The molecule has 6 heteroatoms. The quantitative estimate of drug-likeness (QED) is 0.651. The summed E-state index contributed by atoms with van der Waals surface area (Å²) in [5, 5.41) is 12.7. The molecule has 2 aromatic heterocycles. The number of nitrogens with zero attached hydrogens (tertiary/aromatic N) is 4. The highest BCUT2D eigenvalue weighted by Gasteiger charge is 2.20. The van der Waals surface area contributed by atoms with E-state index >= 15 is 0 Å². The van der Waals surface area contributed by atoms with Crippen LogP contribution in [0.3, 0.4) is 0 Å². The zero-order valence-electron chi connectivity index (χ0n) is 15.6. The van der Waals surface area contributed by atoms with E-state index in [1.54, 1.807) is 12.4 Å². The summed E-state index contributed by atoms with van der Waals surface area (Å²) in [5.74, 6) is 0.783. The largest absolute Gasteiger partial charge is 0.419 e. The molecule has 3 rings (SSSR count). The predicted octanol–water partition coefficient (Wildman–Crippen LogP) is 4.10. The molecule has 0 bridgehead atoms. The lowest BCUT2D eigenvalue weighted by atomic mass is 10.1. The molecule has 0 amide bonds. The van der Waals surface area contributed by atoms with Crippen molar-refractivity contribution in [1.29, 1.82) is 5.26 Å². The Bertz CT molecular complexity index is 882. The topological polar surface area (TPSA) is 78.0 Å². The lowest BCUT2D eigenvalue weighted by Crippen LogP contribution is -2.33. The van der Waals surface area contributed by atoms with Crippen molar-refractivity contribution < 1.29 is 4.42 Å². The number of nitriles is 1. The van der Waals surface area contributed by atoms with E-state index in [-0.39, 0.29) is 11.7 Å². The molecule has 0 unspecified atom stereocenters. The fourth-order valence-electron chi connectivity index (χ4n) is 3.12. The number of hydrogen-bond donors (Lipinski definition) is 1. The Balaban J connectivity index is 1.83. The van der Waals surface area contributed by atoms with Crippen LogP contribution in [-0.4, -0.2) is 34.5 Å². The van der Waals surface area contributed by atoms with Crippen molar-refractivity contribution >= 4 is 5.88 Å². The van der Waals surface area contributed by atoms with E-state index in [9.17, 15) is 5.26 Å². The van der Waals surface area contributed by atoms with Gasteiger partial charge in [0.2, 0.25) is 17.5 Å². The van der Waals surface area contributed by atoms with E-state index in [4.69, 9.17) is 4.42 Å². The molecule has 0 aliphatic rings. The predicted molar refractivity (Wildman–Crippen MR) is 105 cm³/mol. The van der Waals surface area contributed by atoms with Crippen molar-refractivity contribution in [2.75, 3.05) is 25.0 Å². The number of anilines is 1. The minimum Gasteiger partial charge on any atom is -0.419 e. The average molecular weight is 361 g/mol. The van der Waals surface area contributed by atoms with Crippen molar-refractivity contribution in [3.8, 4) is 17.5 Å². The highest BCUT2D eigenvalue weighted by molar-refractivity contribution is 5.57. The summed E-state index contributed by atoms with van der Waals surface area (Å²) in [6.45, 7) is 6.77. The fraction of sp³-hybridized carbons (Fsp3) is 0.286. The molecular weight excluding hydrogens is 338 g/mol. The molecule has 0 saturated carbocycles. The summed E-state index contributed by atoms with van der Waals surface area (Å²) >= 11 is 0. The third-order valence-electron chi connectivity index (χ3n) is 4.54. The Labute approximate surface area is 159 Å². The third-order valence-corrected chi connectivity index (χ3v) is 4.54. The fourth-order valence-corrected chi connectivity index (χ4v) is 3.12. The van der Waals surface area contributed by atoms with Gasteiger partial charge in [0, 0.05) is 18.9 Å². The first-order valence-corrected chi connectivity index (χ1v) is 9.11. The van der Waals surface area contributed by atoms with E-state index in [0.717, 1.165) is 18.7 Å². The molecule has 0 aliphatic carbocycles. The van der Waals surface area contributed by atoms with Crippen LogP contribution < -0.4 is 5.32 Å². The number of pyridine rings is 1. The van der Waals surface area contributed by atoms with Gasteiger partial charge in [-0.25, -0.2) is 0 Å². The van der Waals surface area contributed by atoms with Gasteiger partial charge in [-0.3, -0.25) is 9.88 Å². The summed E-state index contributed by atoms with van der Waals surface area (Å²) < 4.78 is 5.82. The Hall–Kier alpha value is -3.17. The van der Waals surface area contributed by atoms with Crippen LogP contribution in [0.4, 0.5) is 5.88 Å². The van der Waals surface area contributed by atoms with Gasteiger partial charge >= 0.3 is 0 Å². The van der Waals surface area contributed by atoms with Gasteiger partial charge in [-0.1, -0.05) is 44.2 Å². The summed E-state index contributed by atoms with van der Waals surface area (Å²) in [6.07, 6.45) is 3.35. The SMILES string of the molecule is CCN(CC)[C@@H](CNc1oc(-c2cccnc2)nc1C#N)c1ccccc1. The van der Waals surface area contributed by atoms with Crippen molar-refractivity contribution in [3.05, 3.63) is 66.1 Å². The molecule has 27 heavy (non-hydrogen) atoms. The van der Waals surface area contributed by atoms with Crippen LogP contribution in [-0.2, 0) is 0 Å². The van der Waals surface area contributed by atoms with Gasteiger partial charge in [0.1, 0.15) is 6.07 Å². The monoisotopic (exact) mass is 361 g/mol.